The van der Waals surface area contributed by atoms with Crippen molar-refractivity contribution in [2.75, 3.05) is 5.32 Å². The zero-order valence-electron chi connectivity index (χ0n) is 11.6. The number of aldehydes is 1. The zero-order valence-corrected chi connectivity index (χ0v) is 13.1. The van der Waals surface area contributed by atoms with E-state index in [9.17, 15) is 14.4 Å². The summed E-state index contributed by atoms with van der Waals surface area (Å²) in [4.78, 5) is 35.9. The summed E-state index contributed by atoms with van der Waals surface area (Å²) in [6.45, 7) is 0. The molecule has 0 radical (unpaired) electrons. The third-order valence-electron chi connectivity index (χ3n) is 3.67. The van der Waals surface area contributed by atoms with Crippen LogP contribution in [0, 0.1) is 0 Å². The van der Waals surface area contributed by atoms with Crippen LogP contribution in [0.3, 0.4) is 0 Å². The van der Waals surface area contributed by atoms with Crippen LogP contribution in [-0.2, 0) is 4.79 Å². The van der Waals surface area contributed by atoms with Gasteiger partial charge in [0.2, 0.25) is 6.41 Å². The van der Waals surface area contributed by atoms with Crippen LogP contribution in [0.2, 0.25) is 10.0 Å². The molecule has 1 heterocycles. The van der Waals surface area contributed by atoms with Gasteiger partial charge in [-0.3, -0.25) is 14.5 Å². The van der Waals surface area contributed by atoms with E-state index in [0.717, 1.165) is 4.90 Å². The molecular formula is C16H10Cl2N2O3. The van der Waals surface area contributed by atoms with Gasteiger partial charge in [0.25, 0.3) is 0 Å². The van der Waals surface area contributed by atoms with Crippen molar-refractivity contribution in [2.24, 2.45) is 0 Å². The number of halogens is 2. The Kier molecular flexibility index (Phi) is 4.07. The Bertz CT molecular complexity index is 806. The normalized spacial score (nSPS) is 16.5. The smallest absolute Gasteiger partial charge is 0.306 e. The molecule has 1 N–H and O–H groups in total. The monoisotopic (exact) mass is 348 g/mol. The number of anilines is 1. The number of urea groups is 1. The van der Waals surface area contributed by atoms with Gasteiger partial charge in [-0.2, -0.15) is 0 Å². The van der Waals surface area contributed by atoms with Crippen molar-refractivity contribution in [2.45, 2.75) is 6.04 Å². The molecule has 2 aromatic rings. The molecule has 3 rings (SSSR count). The Morgan fingerprint density at radius 3 is 2.35 bits per heavy atom. The molecule has 0 spiro atoms. The van der Waals surface area contributed by atoms with Crippen molar-refractivity contribution in [3.05, 3.63) is 63.1 Å². The maximum atomic E-state index is 12.2. The highest BCUT2D eigenvalue weighted by molar-refractivity contribution is 6.32. The molecule has 7 heteroatoms. The Hall–Kier alpha value is -2.37. The molecule has 0 aliphatic carbocycles. The van der Waals surface area contributed by atoms with Gasteiger partial charge in [0.05, 0.1) is 11.7 Å². The van der Waals surface area contributed by atoms with Crippen molar-refractivity contribution in [3.8, 4) is 0 Å². The number of fused-ring (bicyclic) bond motifs is 1. The average molecular weight is 349 g/mol. The fourth-order valence-electron chi connectivity index (χ4n) is 2.62. The van der Waals surface area contributed by atoms with E-state index < -0.39 is 12.1 Å². The largest absolute Gasteiger partial charge is 0.329 e. The summed E-state index contributed by atoms with van der Waals surface area (Å²) < 4.78 is 0. The molecular weight excluding hydrogens is 339 g/mol. The third-order valence-corrected chi connectivity index (χ3v) is 4.25. The van der Waals surface area contributed by atoms with Crippen LogP contribution in [0.5, 0.6) is 0 Å². The molecule has 1 aliphatic heterocycles. The summed E-state index contributed by atoms with van der Waals surface area (Å²) in [7, 11) is 0. The summed E-state index contributed by atoms with van der Waals surface area (Å²) in [6, 6.07) is 8.44. The predicted molar refractivity (Wildman–Crippen MR) is 87.1 cm³/mol. The number of carbonyl (C=O) groups excluding carboxylic acids is 3. The van der Waals surface area contributed by atoms with E-state index in [-0.39, 0.29) is 0 Å². The third kappa shape index (κ3) is 2.58. The SMILES string of the molecule is O=Cc1ccc(Cl)c2c1NC(=O)N(C=O)C2c1ccc(Cl)cc1. The maximum absolute atomic E-state index is 12.2. The van der Waals surface area contributed by atoms with Crippen molar-refractivity contribution in [3.63, 3.8) is 0 Å². The second-order valence-electron chi connectivity index (χ2n) is 4.94. The quantitative estimate of drug-likeness (QED) is 0.855. The lowest BCUT2D eigenvalue weighted by molar-refractivity contribution is -0.116. The second-order valence-corrected chi connectivity index (χ2v) is 5.78. The van der Waals surface area contributed by atoms with Crippen LogP contribution in [-0.4, -0.2) is 23.6 Å². The van der Waals surface area contributed by atoms with Crippen molar-refractivity contribution >= 4 is 47.6 Å². The van der Waals surface area contributed by atoms with Gasteiger partial charge < -0.3 is 5.32 Å². The number of benzene rings is 2. The van der Waals surface area contributed by atoms with Crippen LogP contribution >= 0.6 is 23.2 Å². The van der Waals surface area contributed by atoms with E-state index in [0.29, 0.717) is 45.1 Å². The van der Waals surface area contributed by atoms with Gasteiger partial charge in [0, 0.05) is 21.2 Å². The lowest BCUT2D eigenvalue weighted by Crippen LogP contribution is -2.42. The Morgan fingerprint density at radius 1 is 1.04 bits per heavy atom. The van der Waals surface area contributed by atoms with Crippen LogP contribution in [0.1, 0.15) is 27.5 Å². The van der Waals surface area contributed by atoms with Crippen molar-refractivity contribution in [1.29, 1.82) is 0 Å². The molecule has 0 aromatic heterocycles. The fraction of sp³-hybridized carbons (Fsp3) is 0.0625. The van der Waals surface area contributed by atoms with E-state index >= 15 is 0 Å². The molecule has 0 bridgehead atoms. The minimum absolute atomic E-state index is 0.294. The first-order valence-electron chi connectivity index (χ1n) is 6.64. The Labute approximate surface area is 141 Å². The summed E-state index contributed by atoms with van der Waals surface area (Å²) in [5.74, 6) is 0. The summed E-state index contributed by atoms with van der Waals surface area (Å²) >= 11 is 12.2. The van der Waals surface area contributed by atoms with Gasteiger partial charge in [0.15, 0.2) is 6.29 Å². The molecule has 0 saturated carbocycles. The minimum Gasteiger partial charge on any atom is -0.306 e. The van der Waals surface area contributed by atoms with E-state index in [2.05, 4.69) is 5.32 Å². The lowest BCUT2D eigenvalue weighted by atomic mass is 9.92. The second kappa shape index (κ2) is 6.02. The molecule has 5 nitrogen and oxygen atoms in total. The Balaban J connectivity index is 2.28. The van der Waals surface area contributed by atoms with Crippen LogP contribution < -0.4 is 5.32 Å². The number of nitrogens with one attached hydrogen (secondary N) is 1. The molecule has 116 valence electrons. The maximum Gasteiger partial charge on any atom is 0.329 e. The molecule has 0 saturated heterocycles. The minimum atomic E-state index is -0.735. The molecule has 1 aliphatic rings. The highest BCUT2D eigenvalue weighted by Crippen LogP contribution is 2.42. The highest BCUT2D eigenvalue weighted by atomic mass is 35.5. The number of carbonyl (C=O) groups is 3. The number of hydrogen-bond donors (Lipinski definition) is 1. The van der Waals surface area contributed by atoms with E-state index in [1.165, 1.54) is 6.07 Å². The van der Waals surface area contributed by atoms with E-state index in [1.807, 2.05) is 0 Å². The van der Waals surface area contributed by atoms with Gasteiger partial charge in [0.1, 0.15) is 0 Å². The van der Waals surface area contributed by atoms with Gasteiger partial charge in [-0.05, 0) is 29.8 Å². The standard InChI is InChI=1S/C16H10Cl2N2O3/c17-11-4-1-9(2-5-11)15-13-12(18)6-3-10(7-21)14(13)19-16(23)20(15)8-22/h1-8,15H,(H,19,23). The predicted octanol–water partition coefficient (Wildman–Crippen LogP) is 3.90. The van der Waals surface area contributed by atoms with Crippen LogP contribution in [0.25, 0.3) is 0 Å². The summed E-state index contributed by atoms with van der Waals surface area (Å²) in [5.41, 5.74) is 1.76. The first-order chi connectivity index (χ1) is 11.1. The first kappa shape index (κ1) is 15.5. The number of nitrogens with zero attached hydrogens (tertiary/aromatic N) is 1. The molecule has 2 aromatic carbocycles. The summed E-state index contributed by atoms with van der Waals surface area (Å²) in [5, 5.41) is 3.42. The van der Waals surface area contributed by atoms with Crippen LogP contribution in [0.4, 0.5) is 10.5 Å². The lowest BCUT2D eigenvalue weighted by Gasteiger charge is -2.35. The number of imide groups is 1. The van der Waals surface area contributed by atoms with E-state index in [4.69, 9.17) is 23.2 Å². The van der Waals surface area contributed by atoms with Crippen molar-refractivity contribution < 1.29 is 14.4 Å². The van der Waals surface area contributed by atoms with Gasteiger partial charge >= 0.3 is 6.03 Å². The van der Waals surface area contributed by atoms with Crippen LogP contribution in [0.15, 0.2) is 36.4 Å². The highest BCUT2D eigenvalue weighted by Gasteiger charge is 2.36. The molecule has 1 unspecified atom stereocenters. The molecule has 3 amide bonds. The van der Waals surface area contributed by atoms with Crippen molar-refractivity contribution in [1.82, 2.24) is 4.90 Å². The number of amides is 3. The van der Waals surface area contributed by atoms with Gasteiger partial charge in [-0.1, -0.05) is 35.3 Å². The number of hydrogen-bond acceptors (Lipinski definition) is 3. The molecule has 23 heavy (non-hydrogen) atoms. The van der Waals surface area contributed by atoms with Gasteiger partial charge in [-0.25, -0.2) is 4.79 Å². The average Bonchev–Trinajstić information content (AvgIpc) is 2.55. The zero-order chi connectivity index (χ0) is 16.6. The molecule has 1 atom stereocenters. The van der Waals surface area contributed by atoms with Gasteiger partial charge in [-0.15, -0.1) is 0 Å². The van der Waals surface area contributed by atoms with E-state index in [1.54, 1.807) is 30.3 Å². The topological polar surface area (TPSA) is 66.5 Å². The molecule has 0 fully saturated rings. The fourth-order valence-corrected chi connectivity index (χ4v) is 3.01. The Morgan fingerprint density at radius 2 is 1.74 bits per heavy atom. The summed E-state index contributed by atoms with van der Waals surface area (Å²) in [6.07, 6.45) is 1.06. The first-order valence-corrected chi connectivity index (χ1v) is 7.40. The number of rotatable bonds is 3.